The van der Waals surface area contributed by atoms with Gasteiger partial charge in [0.05, 0.1) is 12.3 Å². The second kappa shape index (κ2) is 5.64. The van der Waals surface area contributed by atoms with E-state index < -0.39 is 0 Å². The fraction of sp³-hybridized carbons (Fsp3) is 0.538. The second-order valence-electron chi connectivity index (χ2n) is 4.25. The highest BCUT2D eigenvalue weighted by Crippen LogP contribution is 2.23. The molecule has 2 nitrogen and oxygen atoms in total. The van der Waals surface area contributed by atoms with Crippen LogP contribution in [0.4, 0.5) is 5.69 Å². The Hall–Kier alpha value is -1.18. The second-order valence-corrected chi connectivity index (χ2v) is 4.25. The van der Waals surface area contributed by atoms with Gasteiger partial charge in [-0.3, -0.25) is 0 Å². The third-order valence-electron chi connectivity index (χ3n) is 2.47. The van der Waals surface area contributed by atoms with Crippen molar-refractivity contribution in [1.29, 1.82) is 0 Å². The first-order valence-electron chi connectivity index (χ1n) is 5.62. The molecule has 0 amide bonds. The van der Waals surface area contributed by atoms with E-state index >= 15 is 0 Å². The van der Waals surface area contributed by atoms with E-state index in [0.717, 1.165) is 18.0 Å². The van der Waals surface area contributed by atoms with E-state index in [0.29, 0.717) is 5.92 Å². The van der Waals surface area contributed by atoms with Crippen LogP contribution >= 0.6 is 0 Å². The minimum atomic E-state index is 0.593. The molecule has 0 bridgehead atoms. The van der Waals surface area contributed by atoms with Crippen LogP contribution in [0.1, 0.15) is 32.3 Å². The van der Waals surface area contributed by atoms with Gasteiger partial charge in [0.25, 0.3) is 0 Å². The summed E-state index contributed by atoms with van der Waals surface area (Å²) >= 11 is 0. The zero-order valence-electron chi connectivity index (χ0n) is 9.92. The van der Waals surface area contributed by atoms with Gasteiger partial charge in [-0.2, -0.15) is 0 Å². The van der Waals surface area contributed by atoms with Crippen molar-refractivity contribution in [3.63, 3.8) is 0 Å². The topological polar surface area (TPSA) is 35.2 Å². The van der Waals surface area contributed by atoms with Crippen LogP contribution in [0.3, 0.4) is 0 Å². The summed E-state index contributed by atoms with van der Waals surface area (Å²) in [6, 6.07) is 5.89. The van der Waals surface area contributed by atoms with Crippen molar-refractivity contribution in [3.8, 4) is 5.75 Å². The fourth-order valence-electron chi connectivity index (χ4n) is 1.57. The number of ether oxygens (including phenoxy) is 1. The van der Waals surface area contributed by atoms with Gasteiger partial charge in [-0.05, 0) is 37.0 Å². The Labute approximate surface area is 92.4 Å². The van der Waals surface area contributed by atoms with Crippen molar-refractivity contribution in [2.24, 2.45) is 5.92 Å². The summed E-state index contributed by atoms with van der Waals surface area (Å²) in [7, 11) is 0. The Morgan fingerprint density at radius 2 is 2.13 bits per heavy atom. The van der Waals surface area contributed by atoms with Gasteiger partial charge in [-0.25, -0.2) is 0 Å². The fourth-order valence-corrected chi connectivity index (χ4v) is 1.57. The Balaban J connectivity index is 2.53. The molecule has 2 heteroatoms. The molecule has 0 saturated carbocycles. The third-order valence-corrected chi connectivity index (χ3v) is 2.47. The van der Waals surface area contributed by atoms with Crippen LogP contribution in [-0.4, -0.2) is 6.61 Å². The quantitative estimate of drug-likeness (QED) is 0.751. The average molecular weight is 207 g/mol. The summed E-state index contributed by atoms with van der Waals surface area (Å²) in [6.45, 7) is 7.19. The lowest BCUT2D eigenvalue weighted by molar-refractivity contribution is 0.252. The van der Waals surface area contributed by atoms with E-state index in [2.05, 4.69) is 13.8 Å². The van der Waals surface area contributed by atoms with Crippen LogP contribution in [0.25, 0.3) is 0 Å². The Kier molecular flexibility index (Phi) is 4.47. The molecule has 0 saturated heterocycles. The van der Waals surface area contributed by atoms with Crippen molar-refractivity contribution in [2.45, 2.75) is 33.6 Å². The van der Waals surface area contributed by atoms with Crippen LogP contribution in [0.5, 0.6) is 5.75 Å². The zero-order valence-corrected chi connectivity index (χ0v) is 9.92. The number of anilines is 1. The molecule has 0 aliphatic rings. The van der Waals surface area contributed by atoms with Crippen molar-refractivity contribution in [3.05, 3.63) is 23.8 Å². The molecule has 2 N–H and O–H groups in total. The smallest absolute Gasteiger partial charge is 0.142 e. The Bertz CT molecular complexity index is 309. The minimum absolute atomic E-state index is 0.593. The van der Waals surface area contributed by atoms with Crippen molar-refractivity contribution >= 4 is 5.69 Å². The Morgan fingerprint density at radius 1 is 1.40 bits per heavy atom. The average Bonchev–Trinajstić information content (AvgIpc) is 2.20. The molecule has 1 aromatic rings. The predicted octanol–water partition coefficient (Wildman–Crippen LogP) is 3.39. The zero-order chi connectivity index (χ0) is 11.3. The van der Waals surface area contributed by atoms with Crippen LogP contribution in [0, 0.1) is 12.8 Å². The van der Waals surface area contributed by atoms with Gasteiger partial charge in [-0.15, -0.1) is 0 Å². The molecule has 0 heterocycles. The van der Waals surface area contributed by atoms with Gasteiger partial charge in [0.1, 0.15) is 5.75 Å². The number of benzene rings is 1. The van der Waals surface area contributed by atoms with Gasteiger partial charge < -0.3 is 10.5 Å². The van der Waals surface area contributed by atoms with E-state index in [1.165, 1.54) is 18.4 Å². The standard InChI is InChI=1S/C13H21NO/c1-4-5-11(3)9-15-13-8-10(2)6-7-12(13)14/h6-8,11H,4-5,9,14H2,1-3H3. The number of nitrogens with two attached hydrogens (primary N) is 1. The lowest BCUT2D eigenvalue weighted by atomic mass is 10.1. The van der Waals surface area contributed by atoms with Crippen molar-refractivity contribution < 1.29 is 4.74 Å². The molecule has 0 radical (unpaired) electrons. The van der Waals surface area contributed by atoms with Crippen molar-refractivity contribution in [1.82, 2.24) is 0 Å². The summed E-state index contributed by atoms with van der Waals surface area (Å²) in [5, 5.41) is 0. The lowest BCUT2D eigenvalue weighted by Gasteiger charge is -2.13. The van der Waals surface area contributed by atoms with Gasteiger partial charge >= 0.3 is 0 Å². The normalized spacial score (nSPS) is 12.5. The molecule has 1 unspecified atom stereocenters. The first kappa shape index (κ1) is 11.9. The maximum absolute atomic E-state index is 5.82. The first-order chi connectivity index (χ1) is 7.13. The molecule has 0 spiro atoms. The number of hydrogen-bond acceptors (Lipinski definition) is 2. The van der Waals surface area contributed by atoms with E-state index in [9.17, 15) is 0 Å². The van der Waals surface area contributed by atoms with E-state index in [4.69, 9.17) is 10.5 Å². The van der Waals surface area contributed by atoms with Gasteiger partial charge in [0.15, 0.2) is 0 Å². The third kappa shape index (κ3) is 3.82. The molecule has 1 rings (SSSR count). The molecule has 0 aromatic heterocycles. The maximum atomic E-state index is 5.82. The number of hydrogen-bond donors (Lipinski definition) is 1. The van der Waals surface area contributed by atoms with Gasteiger partial charge in [0, 0.05) is 0 Å². The summed E-state index contributed by atoms with van der Waals surface area (Å²) < 4.78 is 5.71. The highest BCUT2D eigenvalue weighted by Gasteiger charge is 2.04. The van der Waals surface area contributed by atoms with Crippen LogP contribution in [-0.2, 0) is 0 Å². The molecule has 1 atom stereocenters. The van der Waals surface area contributed by atoms with Crippen LogP contribution in [0.2, 0.25) is 0 Å². The molecule has 0 fully saturated rings. The molecule has 15 heavy (non-hydrogen) atoms. The van der Waals surface area contributed by atoms with Gasteiger partial charge in [-0.1, -0.05) is 26.3 Å². The number of rotatable bonds is 5. The van der Waals surface area contributed by atoms with Crippen molar-refractivity contribution in [2.75, 3.05) is 12.3 Å². The molecule has 0 aliphatic heterocycles. The molecule has 84 valence electrons. The van der Waals surface area contributed by atoms with E-state index in [1.807, 2.05) is 25.1 Å². The SMILES string of the molecule is CCCC(C)COc1cc(C)ccc1N. The highest BCUT2D eigenvalue weighted by atomic mass is 16.5. The molecule has 1 aromatic carbocycles. The lowest BCUT2D eigenvalue weighted by Crippen LogP contribution is -2.09. The minimum Gasteiger partial charge on any atom is -0.491 e. The summed E-state index contributed by atoms with van der Waals surface area (Å²) in [5.74, 6) is 1.41. The van der Waals surface area contributed by atoms with Gasteiger partial charge in [0.2, 0.25) is 0 Å². The highest BCUT2D eigenvalue weighted by molar-refractivity contribution is 5.53. The molecular weight excluding hydrogens is 186 g/mol. The Morgan fingerprint density at radius 3 is 2.80 bits per heavy atom. The van der Waals surface area contributed by atoms with Crippen LogP contribution in [0.15, 0.2) is 18.2 Å². The maximum Gasteiger partial charge on any atom is 0.142 e. The predicted molar refractivity (Wildman–Crippen MR) is 65.2 cm³/mol. The van der Waals surface area contributed by atoms with E-state index in [-0.39, 0.29) is 0 Å². The van der Waals surface area contributed by atoms with Crippen LogP contribution < -0.4 is 10.5 Å². The molecular formula is C13H21NO. The monoisotopic (exact) mass is 207 g/mol. The van der Waals surface area contributed by atoms with E-state index in [1.54, 1.807) is 0 Å². The summed E-state index contributed by atoms with van der Waals surface area (Å²) in [5.41, 5.74) is 7.73. The summed E-state index contributed by atoms with van der Waals surface area (Å²) in [4.78, 5) is 0. The number of aryl methyl sites for hydroxylation is 1. The first-order valence-corrected chi connectivity index (χ1v) is 5.62. The number of nitrogen functional groups attached to an aromatic ring is 1. The largest absolute Gasteiger partial charge is 0.491 e. The molecule has 0 aliphatic carbocycles. The summed E-state index contributed by atoms with van der Waals surface area (Å²) in [6.07, 6.45) is 2.40.